The van der Waals surface area contributed by atoms with E-state index in [9.17, 15) is 9.90 Å². The zero-order chi connectivity index (χ0) is 14.3. The first kappa shape index (κ1) is 16.5. The molecule has 1 rings (SSSR count). The van der Waals surface area contributed by atoms with Crippen molar-refractivity contribution in [3.8, 4) is 0 Å². The van der Waals surface area contributed by atoms with Crippen molar-refractivity contribution >= 4 is 5.91 Å². The molecule has 0 heterocycles. The number of carbonyl (C=O) groups excluding carboxylic acids is 1. The minimum Gasteiger partial charge on any atom is -0.393 e. The molecule has 0 aromatic carbocycles. The molecule has 2 N–H and O–H groups in total. The second-order valence-electron chi connectivity index (χ2n) is 6.58. The maximum atomic E-state index is 12.0. The minimum absolute atomic E-state index is 0.127. The van der Waals surface area contributed by atoms with E-state index in [1.54, 1.807) is 6.92 Å². The summed E-state index contributed by atoms with van der Waals surface area (Å²) in [7, 11) is 0. The molecule has 1 fully saturated rings. The van der Waals surface area contributed by atoms with Gasteiger partial charge in [0, 0.05) is 12.5 Å². The molecule has 3 nitrogen and oxygen atoms in total. The first-order chi connectivity index (χ1) is 8.99. The average molecular weight is 269 g/mol. The van der Waals surface area contributed by atoms with Crippen LogP contribution in [0.25, 0.3) is 0 Å². The second-order valence-corrected chi connectivity index (χ2v) is 6.58. The van der Waals surface area contributed by atoms with Crippen LogP contribution >= 0.6 is 0 Å². The van der Waals surface area contributed by atoms with E-state index in [-0.39, 0.29) is 17.9 Å². The number of hydrogen-bond donors (Lipinski definition) is 2. The average Bonchev–Trinajstić information content (AvgIpc) is 2.36. The molecule has 112 valence electrons. The van der Waals surface area contributed by atoms with E-state index in [1.807, 2.05) is 6.92 Å². The van der Waals surface area contributed by atoms with E-state index < -0.39 is 0 Å². The first-order valence-corrected chi connectivity index (χ1v) is 7.94. The van der Waals surface area contributed by atoms with Gasteiger partial charge in [-0.05, 0) is 31.6 Å². The maximum Gasteiger partial charge on any atom is 0.222 e. The van der Waals surface area contributed by atoms with Crippen LogP contribution in [0.2, 0.25) is 0 Å². The van der Waals surface area contributed by atoms with Crippen LogP contribution in [0, 0.1) is 17.8 Å². The Labute approximate surface area is 118 Å². The van der Waals surface area contributed by atoms with E-state index in [1.165, 1.54) is 32.1 Å². The highest BCUT2D eigenvalue weighted by Gasteiger charge is 2.21. The van der Waals surface area contributed by atoms with Gasteiger partial charge in [-0.3, -0.25) is 4.79 Å². The van der Waals surface area contributed by atoms with Gasteiger partial charge in [0.1, 0.15) is 0 Å². The van der Waals surface area contributed by atoms with Crippen LogP contribution < -0.4 is 5.32 Å². The largest absolute Gasteiger partial charge is 0.393 e. The Balaban J connectivity index is 2.20. The monoisotopic (exact) mass is 269 g/mol. The van der Waals surface area contributed by atoms with Crippen molar-refractivity contribution in [2.45, 2.75) is 71.8 Å². The lowest BCUT2D eigenvalue weighted by Gasteiger charge is -2.24. The van der Waals surface area contributed by atoms with Gasteiger partial charge in [-0.2, -0.15) is 0 Å². The molecule has 1 aliphatic rings. The smallest absolute Gasteiger partial charge is 0.222 e. The molecule has 0 radical (unpaired) electrons. The summed E-state index contributed by atoms with van der Waals surface area (Å²) in [5, 5.41) is 12.3. The minimum atomic E-state index is -0.286. The summed E-state index contributed by atoms with van der Waals surface area (Å²) in [6.45, 7) is 6.59. The number of rotatable bonds is 7. The van der Waals surface area contributed by atoms with Gasteiger partial charge in [-0.1, -0.05) is 46.0 Å². The van der Waals surface area contributed by atoms with Gasteiger partial charge in [0.15, 0.2) is 0 Å². The fourth-order valence-electron chi connectivity index (χ4n) is 3.14. The maximum absolute atomic E-state index is 12.0. The highest BCUT2D eigenvalue weighted by Crippen LogP contribution is 2.29. The molecule has 3 atom stereocenters. The molecule has 1 amide bonds. The highest BCUT2D eigenvalue weighted by atomic mass is 16.3. The first-order valence-electron chi connectivity index (χ1n) is 7.94. The zero-order valence-corrected chi connectivity index (χ0v) is 12.8. The summed E-state index contributed by atoms with van der Waals surface area (Å²) < 4.78 is 0. The fourth-order valence-corrected chi connectivity index (χ4v) is 3.14. The molecule has 0 aromatic rings. The van der Waals surface area contributed by atoms with Gasteiger partial charge in [-0.25, -0.2) is 0 Å². The van der Waals surface area contributed by atoms with Crippen LogP contribution in [0.4, 0.5) is 0 Å². The normalized spacial score (nSPS) is 21.7. The molecule has 19 heavy (non-hydrogen) atoms. The van der Waals surface area contributed by atoms with Gasteiger partial charge in [0.05, 0.1) is 6.10 Å². The number of amides is 1. The van der Waals surface area contributed by atoms with Crippen molar-refractivity contribution in [3.05, 3.63) is 0 Å². The number of carbonyl (C=O) groups is 1. The Morgan fingerprint density at radius 1 is 1.21 bits per heavy atom. The fraction of sp³-hybridized carbons (Fsp3) is 0.938. The zero-order valence-electron chi connectivity index (χ0n) is 12.8. The van der Waals surface area contributed by atoms with Crippen molar-refractivity contribution in [3.63, 3.8) is 0 Å². The predicted octanol–water partition coefficient (Wildman–Crippen LogP) is 3.12. The molecule has 1 saturated carbocycles. The van der Waals surface area contributed by atoms with Crippen LogP contribution in [-0.2, 0) is 4.79 Å². The molecule has 0 aliphatic heterocycles. The van der Waals surface area contributed by atoms with Gasteiger partial charge < -0.3 is 10.4 Å². The van der Waals surface area contributed by atoms with Gasteiger partial charge in [0.2, 0.25) is 5.91 Å². The van der Waals surface area contributed by atoms with Crippen LogP contribution in [0.5, 0.6) is 0 Å². The molecule has 1 aliphatic carbocycles. The lowest BCUT2D eigenvalue weighted by atomic mass is 9.83. The molecule has 0 spiro atoms. The van der Waals surface area contributed by atoms with E-state index in [2.05, 4.69) is 12.2 Å². The van der Waals surface area contributed by atoms with E-state index in [0.717, 1.165) is 18.8 Å². The van der Waals surface area contributed by atoms with E-state index >= 15 is 0 Å². The third-order valence-electron chi connectivity index (χ3n) is 4.23. The third kappa shape index (κ3) is 6.95. The van der Waals surface area contributed by atoms with Crippen LogP contribution in [0.15, 0.2) is 0 Å². The van der Waals surface area contributed by atoms with Crippen LogP contribution in [0.3, 0.4) is 0 Å². The SMILES string of the molecule is CC(O)CC(C)CNC(=O)C(C)CC1CCCCC1. The van der Waals surface area contributed by atoms with Crippen LogP contribution in [0.1, 0.15) is 65.7 Å². The van der Waals surface area contributed by atoms with E-state index in [4.69, 9.17) is 0 Å². The molecular weight excluding hydrogens is 238 g/mol. The number of hydrogen-bond acceptors (Lipinski definition) is 2. The summed E-state index contributed by atoms with van der Waals surface area (Å²) in [5.74, 6) is 1.40. The summed E-state index contributed by atoms with van der Waals surface area (Å²) in [6.07, 6.45) is 8.15. The summed E-state index contributed by atoms with van der Waals surface area (Å²) in [6, 6.07) is 0. The number of aliphatic hydroxyl groups excluding tert-OH is 1. The Hall–Kier alpha value is -0.570. The molecule has 0 aromatic heterocycles. The summed E-state index contributed by atoms with van der Waals surface area (Å²) in [4.78, 5) is 12.0. The standard InChI is InChI=1S/C16H31NO2/c1-12(9-14(3)18)11-17-16(19)13(2)10-15-7-5-4-6-8-15/h12-15,18H,4-11H2,1-3H3,(H,17,19). The Bertz CT molecular complexity index is 259. The van der Waals surface area contributed by atoms with Crippen molar-refractivity contribution in [2.75, 3.05) is 6.54 Å². The number of nitrogens with one attached hydrogen (secondary N) is 1. The molecule has 3 unspecified atom stereocenters. The van der Waals surface area contributed by atoms with Crippen molar-refractivity contribution in [1.82, 2.24) is 5.32 Å². The quantitative estimate of drug-likeness (QED) is 0.746. The Morgan fingerprint density at radius 2 is 1.84 bits per heavy atom. The molecule has 0 bridgehead atoms. The van der Waals surface area contributed by atoms with Gasteiger partial charge >= 0.3 is 0 Å². The van der Waals surface area contributed by atoms with Gasteiger partial charge in [0.25, 0.3) is 0 Å². The lowest BCUT2D eigenvalue weighted by molar-refractivity contribution is -0.125. The van der Waals surface area contributed by atoms with Crippen molar-refractivity contribution in [2.24, 2.45) is 17.8 Å². The molecule has 3 heteroatoms. The van der Waals surface area contributed by atoms with Gasteiger partial charge in [-0.15, -0.1) is 0 Å². The molecule has 0 saturated heterocycles. The topological polar surface area (TPSA) is 49.3 Å². The lowest BCUT2D eigenvalue weighted by Crippen LogP contribution is -2.34. The summed E-state index contributed by atoms with van der Waals surface area (Å²) in [5.41, 5.74) is 0. The second kappa shape index (κ2) is 8.57. The van der Waals surface area contributed by atoms with Crippen LogP contribution in [-0.4, -0.2) is 23.7 Å². The van der Waals surface area contributed by atoms with Crippen molar-refractivity contribution in [1.29, 1.82) is 0 Å². The number of aliphatic hydroxyl groups is 1. The van der Waals surface area contributed by atoms with Crippen molar-refractivity contribution < 1.29 is 9.90 Å². The third-order valence-corrected chi connectivity index (χ3v) is 4.23. The Kier molecular flexibility index (Phi) is 7.44. The molecular formula is C16H31NO2. The predicted molar refractivity (Wildman–Crippen MR) is 78.8 cm³/mol. The van der Waals surface area contributed by atoms with E-state index in [0.29, 0.717) is 12.5 Å². The Morgan fingerprint density at radius 3 is 2.42 bits per heavy atom. The summed E-state index contributed by atoms with van der Waals surface area (Å²) >= 11 is 0. The highest BCUT2D eigenvalue weighted by molar-refractivity contribution is 5.78.